The number of nitrogens with one attached hydrogen (secondary N) is 1. The molecule has 0 radical (unpaired) electrons. The number of hydrogen-bond acceptors (Lipinski definition) is 6. The average Bonchev–Trinajstić information content (AvgIpc) is 2.89. The Morgan fingerprint density at radius 1 is 1.08 bits per heavy atom. The summed E-state index contributed by atoms with van der Waals surface area (Å²) >= 11 is 0.809. The molecule has 0 saturated carbocycles. The van der Waals surface area contributed by atoms with Crippen molar-refractivity contribution < 1.29 is 17.6 Å². The van der Waals surface area contributed by atoms with Crippen LogP contribution in [0.15, 0.2) is 28.6 Å². The standard InChI is InChI=1S/C15H17FN4O3S2/c16-12-7-5-11(6-8-12)13(21)17-14-18-19-15(24-14)25(22,23)20-9-3-1-2-4-10-20/h5-8H,1-4,9-10H2,(H,17,18,21). The van der Waals surface area contributed by atoms with Crippen LogP contribution in [0.25, 0.3) is 0 Å². The van der Waals surface area contributed by atoms with Gasteiger partial charge in [-0.05, 0) is 37.1 Å². The first kappa shape index (κ1) is 17.9. The quantitative estimate of drug-likeness (QED) is 0.818. The molecule has 3 rings (SSSR count). The maximum atomic E-state index is 12.9. The van der Waals surface area contributed by atoms with Crippen LogP contribution in [0.2, 0.25) is 0 Å². The monoisotopic (exact) mass is 384 g/mol. The van der Waals surface area contributed by atoms with Gasteiger partial charge < -0.3 is 0 Å². The minimum atomic E-state index is -3.69. The fourth-order valence-corrected chi connectivity index (χ4v) is 5.08. The highest BCUT2D eigenvalue weighted by Crippen LogP contribution is 2.25. The predicted octanol–water partition coefficient (Wildman–Crippen LogP) is 2.49. The molecule has 1 saturated heterocycles. The Hall–Kier alpha value is -1.91. The second kappa shape index (κ2) is 7.54. The van der Waals surface area contributed by atoms with Gasteiger partial charge in [-0.3, -0.25) is 10.1 Å². The number of hydrogen-bond donors (Lipinski definition) is 1. The summed E-state index contributed by atoms with van der Waals surface area (Å²) in [5.74, 6) is -0.951. The summed E-state index contributed by atoms with van der Waals surface area (Å²) in [4.78, 5) is 12.1. The third-order valence-electron chi connectivity index (χ3n) is 3.86. The highest BCUT2D eigenvalue weighted by molar-refractivity contribution is 7.91. The van der Waals surface area contributed by atoms with E-state index in [4.69, 9.17) is 0 Å². The van der Waals surface area contributed by atoms with E-state index in [0.717, 1.165) is 37.0 Å². The van der Waals surface area contributed by atoms with Gasteiger partial charge in [0.25, 0.3) is 15.9 Å². The molecule has 0 bridgehead atoms. The lowest BCUT2D eigenvalue weighted by molar-refractivity contribution is 0.102. The molecule has 134 valence electrons. The number of sulfonamides is 1. The molecule has 1 aromatic heterocycles. The van der Waals surface area contributed by atoms with E-state index in [1.165, 1.54) is 28.6 Å². The number of aromatic nitrogens is 2. The number of benzene rings is 1. The zero-order valence-electron chi connectivity index (χ0n) is 13.3. The van der Waals surface area contributed by atoms with E-state index >= 15 is 0 Å². The lowest BCUT2D eigenvalue weighted by atomic mass is 10.2. The second-order valence-corrected chi connectivity index (χ2v) is 8.74. The summed E-state index contributed by atoms with van der Waals surface area (Å²) in [7, 11) is -3.69. The van der Waals surface area contributed by atoms with Crippen molar-refractivity contribution in [3.05, 3.63) is 35.6 Å². The minimum Gasteiger partial charge on any atom is -0.296 e. The molecule has 1 aliphatic rings. The largest absolute Gasteiger partial charge is 0.296 e. The SMILES string of the molecule is O=C(Nc1nnc(S(=O)(=O)N2CCCCCC2)s1)c1ccc(F)cc1. The van der Waals surface area contributed by atoms with Gasteiger partial charge in [0.1, 0.15) is 5.82 Å². The maximum Gasteiger partial charge on any atom is 0.272 e. The van der Waals surface area contributed by atoms with Gasteiger partial charge in [0.2, 0.25) is 9.47 Å². The van der Waals surface area contributed by atoms with Gasteiger partial charge in [0.15, 0.2) is 0 Å². The van der Waals surface area contributed by atoms with Crippen LogP contribution in [0.4, 0.5) is 9.52 Å². The lowest BCUT2D eigenvalue weighted by Crippen LogP contribution is -2.31. The fourth-order valence-electron chi connectivity index (χ4n) is 2.53. The van der Waals surface area contributed by atoms with Crippen LogP contribution in [-0.2, 0) is 10.0 Å². The van der Waals surface area contributed by atoms with Crippen molar-refractivity contribution in [2.75, 3.05) is 18.4 Å². The Labute approximate surface area is 148 Å². The number of rotatable bonds is 4. The highest BCUT2D eigenvalue weighted by Gasteiger charge is 2.29. The van der Waals surface area contributed by atoms with Gasteiger partial charge in [-0.25, -0.2) is 12.8 Å². The van der Waals surface area contributed by atoms with Crippen LogP contribution in [0.1, 0.15) is 36.0 Å². The Morgan fingerprint density at radius 2 is 1.72 bits per heavy atom. The maximum absolute atomic E-state index is 12.9. The van der Waals surface area contributed by atoms with Crippen molar-refractivity contribution in [1.29, 1.82) is 0 Å². The molecule has 0 atom stereocenters. The molecule has 2 heterocycles. The summed E-state index contributed by atoms with van der Waals surface area (Å²) < 4.78 is 39.4. The topological polar surface area (TPSA) is 92.3 Å². The van der Waals surface area contributed by atoms with Crippen LogP contribution < -0.4 is 5.32 Å². The molecule has 7 nitrogen and oxygen atoms in total. The van der Waals surface area contributed by atoms with Gasteiger partial charge in [-0.2, -0.15) is 4.31 Å². The van der Waals surface area contributed by atoms with Gasteiger partial charge >= 0.3 is 0 Å². The van der Waals surface area contributed by atoms with Crippen molar-refractivity contribution in [2.45, 2.75) is 30.0 Å². The molecule has 2 aromatic rings. The van der Waals surface area contributed by atoms with Crippen LogP contribution in [0, 0.1) is 5.82 Å². The predicted molar refractivity (Wildman–Crippen MR) is 91.5 cm³/mol. The molecule has 0 aliphatic carbocycles. The van der Waals surface area contributed by atoms with Crippen molar-refractivity contribution in [1.82, 2.24) is 14.5 Å². The van der Waals surface area contributed by atoms with Crippen LogP contribution in [0.5, 0.6) is 0 Å². The number of carbonyl (C=O) groups excluding carboxylic acids is 1. The first-order valence-corrected chi connectivity index (χ1v) is 10.1. The molecule has 0 spiro atoms. The van der Waals surface area contributed by atoms with Gasteiger partial charge in [-0.15, -0.1) is 10.2 Å². The fraction of sp³-hybridized carbons (Fsp3) is 0.400. The summed E-state index contributed by atoms with van der Waals surface area (Å²) in [6, 6.07) is 5.01. The van der Waals surface area contributed by atoms with Crippen LogP contribution in [0.3, 0.4) is 0 Å². The number of carbonyl (C=O) groups is 1. The smallest absolute Gasteiger partial charge is 0.272 e. The van der Waals surface area contributed by atoms with E-state index in [1.807, 2.05) is 0 Å². The molecular formula is C15H17FN4O3S2. The van der Waals surface area contributed by atoms with E-state index in [1.54, 1.807) is 0 Å². The number of anilines is 1. The Balaban J connectivity index is 1.73. The van der Waals surface area contributed by atoms with Crippen molar-refractivity contribution in [3.63, 3.8) is 0 Å². The number of nitrogens with zero attached hydrogens (tertiary/aromatic N) is 3. The van der Waals surface area contributed by atoms with Crippen molar-refractivity contribution in [2.24, 2.45) is 0 Å². The average molecular weight is 384 g/mol. The van der Waals surface area contributed by atoms with Crippen LogP contribution >= 0.6 is 11.3 Å². The van der Waals surface area contributed by atoms with Gasteiger partial charge in [-0.1, -0.05) is 24.2 Å². The number of halogens is 1. The molecule has 1 aromatic carbocycles. The Morgan fingerprint density at radius 3 is 2.36 bits per heavy atom. The van der Waals surface area contributed by atoms with Crippen LogP contribution in [-0.4, -0.2) is 41.9 Å². The molecule has 25 heavy (non-hydrogen) atoms. The van der Waals surface area contributed by atoms with Crippen molar-refractivity contribution in [3.8, 4) is 0 Å². The highest BCUT2D eigenvalue weighted by atomic mass is 32.2. The third-order valence-corrected chi connectivity index (χ3v) is 6.94. The number of amides is 1. The van der Waals surface area contributed by atoms with Gasteiger partial charge in [0, 0.05) is 18.7 Å². The zero-order valence-corrected chi connectivity index (χ0v) is 14.9. The summed E-state index contributed by atoms with van der Waals surface area (Å²) in [6.07, 6.45) is 3.68. The molecule has 10 heteroatoms. The van der Waals surface area contributed by atoms with E-state index in [-0.39, 0.29) is 15.0 Å². The molecule has 1 N–H and O–H groups in total. The zero-order chi connectivity index (χ0) is 17.9. The lowest BCUT2D eigenvalue weighted by Gasteiger charge is -2.17. The van der Waals surface area contributed by atoms with Crippen molar-refractivity contribution >= 4 is 32.4 Å². The third kappa shape index (κ3) is 4.20. The van der Waals surface area contributed by atoms with E-state index < -0.39 is 21.7 Å². The van der Waals surface area contributed by atoms with Gasteiger partial charge in [0.05, 0.1) is 0 Å². The molecule has 1 fully saturated rings. The molecular weight excluding hydrogens is 367 g/mol. The summed E-state index contributed by atoms with van der Waals surface area (Å²) in [5.41, 5.74) is 0.244. The molecule has 1 aliphatic heterocycles. The normalized spacial score (nSPS) is 16.4. The first-order chi connectivity index (χ1) is 12.0. The molecule has 0 unspecified atom stereocenters. The Kier molecular flexibility index (Phi) is 5.40. The second-order valence-electron chi connectivity index (χ2n) is 5.65. The Bertz CT molecular complexity index is 844. The molecule has 1 amide bonds. The van der Waals surface area contributed by atoms with E-state index in [2.05, 4.69) is 15.5 Å². The minimum absolute atomic E-state index is 0.0859. The summed E-state index contributed by atoms with van der Waals surface area (Å²) in [6.45, 7) is 0.943. The summed E-state index contributed by atoms with van der Waals surface area (Å²) in [5, 5.41) is 10.0. The van der Waals surface area contributed by atoms with E-state index in [9.17, 15) is 17.6 Å². The van der Waals surface area contributed by atoms with E-state index in [0.29, 0.717) is 13.1 Å². The first-order valence-electron chi connectivity index (χ1n) is 7.87.